The number of benzene rings is 2. The molecular weight excluding hydrogens is 670 g/mol. The Hall–Kier alpha value is -2.97. The third-order valence-electron chi connectivity index (χ3n) is 6.80. The van der Waals surface area contributed by atoms with Gasteiger partial charge >= 0.3 is 28.4 Å². The van der Waals surface area contributed by atoms with Gasteiger partial charge in [0, 0.05) is 18.8 Å². The van der Waals surface area contributed by atoms with Gasteiger partial charge in [-0.3, -0.25) is 27.7 Å². The highest BCUT2D eigenvalue weighted by Crippen LogP contribution is 2.51. The van der Waals surface area contributed by atoms with E-state index in [1.54, 1.807) is 60.7 Å². The molecule has 48 heavy (non-hydrogen) atoms. The van der Waals surface area contributed by atoms with Crippen molar-refractivity contribution in [2.45, 2.75) is 78.5 Å². The van der Waals surface area contributed by atoms with Crippen LogP contribution < -0.4 is 0 Å². The molecule has 1 fully saturated rings. The lowest BCUT2D eigenvalue weighted by molar-refractivity contribution is -0.251. The van der Waals surface area contributed by atoms with Crippen molar-refractivity contribution in [1.82, 2.24) is 4.90 Å². The molecule has 0 aliphatic carbocycles. The summed E-state index contributed by atoms with van der Waals surface area (Å²) in [6.45, 7) is 11.3. The van der Waals surface area contributed by atoms with Gasteiger partial charge in [0.1, 0.15) is 12.1 Å². The average molecular weight is 715 g/mol. The Balaban J connectivity index is 0.00000103. The lowest BCUT2D eigenvalue weighted by Gasteiger charge is -2.43. The molecule has 1 heterocycles. The number of phosphoric acid groups is 1. The topological polar surface area (TPSA) is 208 Å². The van der Waals surface area contributed by atoms with Crippen LogP contribution in [0, 0.1) is 0 Å². The van der Waals surface area contributed by atoms with Crippen LogP contribution in [0.3, 0.4) is 0 Å². The van der Waals surface area contributed by atoms with Gasteiger partial charge in [-0.2, -0.15) is 0 Å². The Kier molecular flexibility index (Phi) is 18.8. The summed E-state index contributed by atoms with van der Waals surface area (Å²) in [6, 6.07) is 16.1. The first-order chi connectivity index (χ1) is 22.9. The van der Waals surface area contributed by atoms with Gasteiger partial charge < -0.3 is 28.9 Å². The molecule has 18 heteroatoms. The number of esters is 2. The highest BCUT2D eigenvalue weighted by atomic mass is 31.2. The molecule has 0 radical (unpaired) electrons. The number of hydrogen-bond donors (Lipinski definition) is 2. The average Bonchev–Trinajstić information content (AvgIpc) is 3.06. The zero-order valence-electron chi connectivity index (χ0n) is 27.6. The molecule has 1 aliphatic heterocycles. The normalized spacial score (nSPS) is 20.7. The Morgan fingerprint density at radius 2 is 1.35 bits per heavy atom. The maximum absolute atomic E-state index is 13.7. The van der Waals surface area contributed by atoms with Gasteiger partial charge in [0.25, 0.3) is 0 Å². The van der Waals surface area contributed by atoms with Crippen molar-refractivity contribution >= 4 is 28.4 Å². The number of rotatable bonds is 17. The largest absolute Gasteiger partial charge is 0.475 e. The third kappa shape index (κ3) is 14.7. The van der Waals surface area contributed by atoms with Gasteiger partial charge in [-0.1, -0.05) is 86.5 Å². The molecule has 1 aliphatic rings. The molecule has 2 N–H and O–H groups in total. The molecule has 1 saturated heterocycles. The smallest absolute Gasteiger partial charge is 0.458 e. The zero-order chi connectivity index (χ0) is 35.5. The summed E-state index contributed by atoms with van der Waals surface area (Å²) < 4.78 is 51.7. The molecule has 2 aromatic carbocycles. The van der Waals surface area contributed by atoms with E-state index in [-0.39, 0.29) is 13.2 Å². The molecule has 3 rings (SSSR count). The first-order valence-electron chi connectivity index (χ1n) is 15.2. The van der Waals surface area contributed by atoms with Crippen LogP contribution in [0.2, 0.25) is 0 Å². The summed E-state index contributed by atoms with van der Waals surface area (Å²) in [6.07, 6.45) is -6.06. The highest BCUT2D eigenvalue weighted by molar-refractivity contribution is 7.48. The van der Waals surface area contributed by atoms with E-state index in [1.807, 2.05) is 0 Å². The number of azide groups is 1. The standard InChI is InChI=1S/C24H29N3O12P2.C6H15N/c1-16(28)36-22-20(38-24(39-40(30)31)21(26-27-25)23(22)37-17(2)29)15-35-41(32,33-13-18-9-5-3-6-10-18)34-14-19-11-7-4-8-12-19;1-4-7(5-2)6-3/h3-12,20-24,30-31H,13-15H2,1-2H3;4-6H2,1-3H3/t20-,21+,22-,23-,24-;/m1./s1. The monoisotopic (exact) mass is 714 g/mol. The lowest BCUT2D eigenvalue weighted by Crippen LogP contribution is -2.60. The van der Waals surface area contributed by atoms with Gasteiger partial charge in [0.2, 0.25) is 0 Å². The van der Waals surface area contributed by atoms with Crippen LogP contribution in [0.1, 0.15) is 45.7 Å². The van der Waals surface area contributed by atoms with Gasteiger partial charge in [-0.25, -0.2) is 4.57 Å². The zero-order valence-corrected chi connectivity index (χ0v) is 29.4. The SMILES string of the molecule is CC(=O)O[C@@H]1[C@H](N=[N+]=[N-])[C@@H](OP(O)O)O[C@H](COP(=O)(OCc2ccccc2)OCc2ccccc2)[C@H]1OC(C)=O.CCN(CC)CC. The minimum absolute atomic E-state index is 0.147. The Morgan fingerprint density at radius 3 is 1.75 bits per heavy atom. The number of carbonyl (C=O) groups excluding carboxylic acids is 2. The molecule has 0 spiro atoms. The summed E-state index contributed by atoms with van der Waals surface area (Å²) in [5, 5.41) is 3.48. The van der Waals surface area contributed by atoms with Crippen LogP contribution in [-0.2, 0) is 59.7 Å². The molecule has 0 amide bonds. The summed E-state index contributed by atoms with van der Waals surface area (Å²) >= 11 is 0. The second-order valence-corrected chi connectivity index (χ2v) is 12.5. The highest BCUT2D eigenvalue weighted by Gasteiger charge is 2.51. The second kappa shape index (κ2) is 21.9. The van der Waals surface area contributed by atoms with E-state index in [1.165, 1.54) is 19.6 Å². The second-order valence-electron chi connectivity index (χ2n) is 10.1. The molecule has 266 valence electrons. The van der Waals surface area contributed by atoms with Crippen molar-refractivity contribution in [3.8, 4) is 0 Å². The van der Waals surface area contributed by atoms with Crippen molar-refractivity contribution in [3.63, 3.8) is 0 Å². The molecular formula is C30H44N4O12P2. The van der Waals surface area contributed by atoms with E-state index in [0.717, 1.165) is 13.8 Å². The molecule has 16 nitrogen and oxygen atoms in total. The quantitative estimate of drug-likeness (QED) is 0.0694. The minimum atomic E-state index is -4.35. The molecule has 0 saturated carbocycles. The van der Waals surface area contributed by atoms with Gasteiger partial charge in [0.15, 0.2) is 18.5 Å². The summed E-state index contributed by atoms with van der Waals surface area (Å²) in [4.78, 5) is 47.8. The fraction of sp³-hybridized carbons (Fsp3) is 0.533. The van der Waals surface area contributed by atoms with Crippen molar-refractivity contribution in [2.24, 2.45) is 5.11 Å². The maximum atomic E-state index is 13.7. The van der Waals surface area contributed by atoms with E-state index in [0.29, 0.717) is 11.1 Å². The number of nitrogens with zero attached hydrogens (tertiary/aromatic N) is 4. The number of phosphoric ester groups is 1. The Labute approximate surface area is 281 Å². The summed E-state index contributed by atoms with van der Waals surface area (Å²) in [5.41, 5.74) is 10.4. The summed E-state index contributed by atoms with van der Waals surface area (Å²) in [5.74, 6) is -1.67. The third-order valence-corrected chi connectivity index (χ3v) is 8.56. The minimum Gasteiger partial charge on any atom is -0.458 e. The Bertz CT molecular complexity index is 1280. The number of ether oxygens (including phenoxy) is 3. The molecule has 0 bridgehead atoms. The molecule has 0 unspecified atom stereocenters. The Morgan fingerprint density at radius 1 is 0.875 bits per heavy atom. The first kappa shape index (κ1) is 41.2. The predicted octanol–water partition coefficient (Wildman–Crippen LogP) is 5.39. The van der Waals surface area contributed by atoms with E-state index in [9.17, 15) is 23.9 Å². The van der Waals surface area contributed by atoms with Crippen LogP contribution in [0.25, 0.3) is 10.4 Å². The van der Waals surface area contributed by atoms with Crippen molar-refractivity contribution in [1.29, 1.82) is 0 Å². The molecule has 2 aromatic rings. The van der Waals surface area contributed by atoms with E-state index >= 15 is 0 Å². The van der Waals surface area contributed by atoms with E-state index < -0.39 is 65.6 Å². The van der Waals surface area contributed by atoms with Crippen LogP contribution >= 0.6 is 16.4 Å². The van der Waals surface area contributed by atoms with Gasteiger partial charge in [0.05, 0.1) is 19.8 Å². The van der Waals surface area contributed by atoms with Gasteiger partial charge in [-0.05, 0) is 36.3 Å². The molecule has 5 atom stereocenters. The van der Waals surface area contributed by atoms with Crippen LogP contribution in [-0.4, -0.2) is 83.5 Å². The number of carbonyl (C=O) groups is 2. The lowest BCUT2D eigenvalue weighted by atomic mass is 9.97. The van der Waals surface area contributed by atoms with Crippen LogP contribution in [0.15, 0.2) is 65.8 Å². The van der Waals surface area contributed by atoms with E-state index in [4.69, 9.17) is 37.8 Å². The van der Waals surface area contributed by atoms with Crippen molar-refractivity contribution < 1.29 is 56.2 Å². The molecule has 0 aromatic heterocycles. The maximum Gasteiger partial charge on any atom is 0.475 e. The van der Waals surface area contributed by atoms with Crippen molar-refractivity contribution in [3.05, 3.63) is 82.2 Å². The van der Waals surface area contributed by atoms with Crippen molar-refractivity contribution in [2.75, 3.05) is 26.2 Å². The predicted molar refractivity (Wildman–Crippen MR) is 175 cm³/mol. The van der Waals surface area contributed by atoms with Crippen LogP contribution in [0.5, 0.6) is 0 Å². The summed E-state index contributed by atoms with van der Waals surface area (Å²) in [7, 11) is -7.39. The first-order valence-corrected chi connectivity index (χ1v) is 17.8. The van der Waals surface area contributed by atoms with E-state index in [2.05, 4.69) is 35.7 Å². The fourth-order valence-corrected chi connectivity index (χ4v) is 5.98. The van der Waals surface area contributed by atoms with Gasteiger partial charge in [-0.15, -0.1) is 0 Å². The van der Waals surface area contributed by atoms with Crippen LogP contribution in [0.4, 0.5) is 0 Å². The fourth-order valence-electron chi connectivity index (χ4n) is 4.45. The number of hydrogen-bond acceptors (Lipinski definition) is 14.